The van der Waals surface area contributed by atoms with E-state index in [-0.39, 0.29) is 11.5 Å². The lowest BCUT2D eigenvalue weighted by Crippen LogP contribution is -2.30. The first-order chi connectivity index (χ1) is 9.66. The summed E-state index contributed by atoms with van der Waals surface area (Å²) in [6.07, 6.45) is 6.26. The topological polar surface area (TPSA) is 64.0 Å². The van der Waals surface area contributed by atoms with Gasteiger partial charge in [-0.3, -0.25) is 14.2 Å². The monoisotopic (exact) mass is 289 g/mol. The van der Waals surface area contributed by atoms with Crippen molar-refractivity contribution >= 4 is 23.3 Å². The minimum Gasteiger partial charge on any atom is -0.351 e. The number of nitrogens with one attached hydrogen (secondary N) is 1. The molecule has 0 bridgehead atoms. The number of carbonyl (C=O) groups excluding carboxylic acids is 1. The Morgan fingerprint density at radius 3 is 3.15 bits per heavy atom. The molecule has 5 nitrogen and oxygen atoms in total. The lowest BCUT2D eigenvalue weighted by molar-refractivity contribution is -0.116. The summed E-state index contributed by atoms with van der Waals surface area (Å²) in [5.41, 5.74) is 0.514. The number of aryl methyl sites for hydroxylation is 1. The molecule has 0 saturated heterocycles. The normalized spacial score (nSPS) is 10.8. The van der Waals surface area contributed by atoms with E-state index >= 15 is 0 Å². The van der Waals surface area contributed by atoms with Crippen LogP contribution < -0.4 is 10.9 Å². The molecule has 2 rings (SSSR count). The van der Waals surface area contributed by atoms with Crippen LogP contribution in [0.4, 0.5) is 0 Å². The summed E-state index contributed by atoms with van der Waals surface area (Å²) in [4.78, 5) is 28.3. The highest BCUT2D eigenvalue weighted by atomic mass is 32.1. The number of amides is 1. The number of nitrogens with zero attached hydrogens (tertiary/aromatic N) is 2. The molecule has 0 saturated carbocycles. The molecule has 1 amide bonds. The number of hydrogen-bond donors (Lipinski definition) is 1. The maximum atomic E-state index is 11.7. The maximum Gasteiger partial charge on any atom is 0.256 e. The second-order valence-corrected chi connectivity index (χ2v) is 5.19. The van der Waals surface area contributed by atoms with Crippen LogP contribution >= 0.6 is 11.3 Å². The molecule has 0 aromatic carbocycles. The molecule has 0 unspecified atom stereocenters. The largest absolute Gasteiger partial charge is 0.351 e. The van der Waals surface area contributed by atoms with Crippen LogP contribution in [0.1, 0.15) is 10.4 Å². The van der Waals surface area contributed by atoms with Crippen molar-refractivity contribution in [2.24, 2.45) is 0 Å². The summed E-state index contributed by atoms with van der Waals surface area (Å²) in [7, 11) is 0. The van der Waals surface area contributed by atoms with Crippen LogP contribution in [0.2, 0.25) is 0 Å². The van der Waals surface area contributed by atoms with Crippen molar-refractivity contribution in [1.82, 2.24) is 14.9 Å². The highest BCUT2D eigenvalue weighted by Crippen LogP contribution is 2.09. The van der Waals surface area contributed by atoms with Gasteiger partial charge < -0.3 is 5.32 Å². The molecular weight excluding hydrogens is 274 g/mol. The van der Waals surface area contributed by atoms with E-state index in [1.54, 1.807) is 24.3 Å². The summed E-state index contributed by atoms with van der Waals surface area (Å²) >= 11 is 1.57. The minimum absolute atomic E-state index is 0.0802. The van der Waals surface area contributed by atoms with Gasteiger partial charge in [0.25, 0.3) is 5.56 Å². The molecule has 0 fully saturated rings. The van der Waals surface area contributed by atoms with Crippen molar-refractivity contribution in [1.29, 1.82) is 0 Å². The Balaban J connectivity index is 1.82. The average Bonchev–Trinajstić information content (AvgIpc) is 2.94. The molecule has 0 aliphatic carbocycles. The Kier molecular flexibility index (Phi) is 4.84. The zero-order valence-corrected chi connectivity index (χ0v) is 11.9. The second-order valence-electron chi connectivity index (χ2n) is 4.21. The van der Waals surface area contributed by atoms with E-state index < -0.39 is 0 Å². The van der Waals surface area contributed by atoms with Gasteiger partial charge in [0.15, 0.2) is 0 Å². The number of carbonyl (C=O) groups is 1. The molecule has 0 radical (unpaired) electrons. The van der Waals surface area contributed by atoms with Gasteiger partial charge in [-0.15, -0.1) is 11.3 Å². The number of aromatic nitrogens is 2. The van der Waals surface area contributed by atoms with Crippen LogP contribution in [-0.4, -0.2) is 22.0 Å². The van der Waals surface area contributed by atoms with Gasteiger partial charge in [0.05, 0.1) is 6.33 Å². The molecule has 2 aromatic heterocycles. The first kappa shape index (κ1) is 14.2. The van der Waals surface area contributed by atoms with E-state index in [0.717, 1.165) is 4.88 Å². The van der Waals surface area contributed by atoms with Crippen molar-refractivity contribution in [2.75, 3.05) is 6.54 Å². The molecule has 0 spiro atoms. The summed E-state index contributed by atoms with van der Waals surface area (Å²) in [5, 5.41) is 4.68. The Hall–Kier alpha value is -2.21. The fourth-order valence-electron chi connectivity index (χ4n) is 1.62. The average molecular weight is 289 g/mol. The smallest absolute Gasteiger partial charge is 0.256 e. The Morgan fingerprint density at radius 1 is 1.55 bits per heavy atom. The van der Waals surface area contributed by atoms with Crippen LogP contribution in [0.3, 0.4) is 0 Å². The predicted octanol–water partition coefficient (Wildman–Crippen LogP) is 1.44. The van der Waals surface area contributed by atoms with Crippen molar-refractivity contribution in [3.63, 3.8) is 0 Å². The Labute approximate surface area is 120 Å². The van der Waals surface area contributed by atoms with Gasteiger partial charge in [0, 0.05) is 35.8 Å². The van der Waals surface area contributed by atoms with E-state index in [4.69, 9.17) is 0 Å². The van der Waals surface area contributed by atoms with Crippen LogP contribution in [0.15, 0.2) is 40.9 Å². The summed E-state index contributed by atoms with van der Waals surface area (Å²) < 4.78 is 1.48. The molecule has 2 aromatic rings. The fourth-order valence-corrected chi connectivity index (χ4v) is 2.24. The van der Waals surface area contributed by atoms with Crippen molar-refractivity contribution in [3.8, 4) is 0 Å². The fraction of sp³-hybridized carbons (Fsp3) is 0.214. The zero-order chi connectivity index (χ0) is 14.4. The van der Waals surface area contributed by atoms with Crippen LogP contribution in [0.25, 0.3) is 6.08 Å². The summed E-state index contributed by atoms with van der Waals surface area (Å²) in [6, 6.07) is 3.87. The van der Waals surface area contributed by atoms with Crippen LogP contribution in [0, 0.1) is 6.92 Å². The van der Waals surface area contributed by atoms with Crippen LogP contribution in [0.5, 0.6) is 0 Å². The number of rotatable bonds is 5. The molecule has 0 aliphatic heterocycles. The van der Waals surface area contributed by atoms with Crippen LogP contribution in [-0.2, 0) is 11.3 Å². The molecule has 1 N–H and O–H groups in total. The highest BCUT2D eigenvalue weighted by Gasteiger charge is 2.00. The molecule has 20 heavy (non-hydrogen) atoms. The Bertz CT molecular complexity index is 659. The van der Waals surface area contributed by atoms with E-state index in [2.05, 4.69) is 10.3 Å². The highest BCUT2D eigenvalue weighted by molar-refractivity contribution is 7.10. The molecule has 0 aliphatic rings. The van der Waals surface area contributed by atoms with Gasteiger partial charge in [-0.25, -0.2) is 4.98 Å². The summed E-state index contributed by atoms with van der Waals surface area (Å²) in [5.74, 6) is -0.174. The molecule has 0 atom stereocenters. The Morgan fingerprint density at radius 2 is 2.40 bits per heavy atom. The molecular formula is C14H15N3O2S. The second kappa shape index (κ2) is 6.81. The first-order valence-electron chi connectivity index (χ1n) is 6.17. The van der Waals surface area contributed by atoms with Gasteiger partial charge in [-0.2, -0.15) is 0 Å². The molecule has 104 valence electrons. The van der Waals surface area contributed by atoms with Crippen molar-refractivity contribution < 1.29 is 4.79 Å². The third-order valence-electron chi connectivity index (χ3n) is 2.67. The van der Waals surface area contributed by atoms with Gasteiger partial charge in [0.2, 0.25) is 5.91 Å². The van der Waals surface area contributed by atoms with Gasteiger partial charge >= 0.3 is 0 Å². The third kappa shape index (κ3) is 3.89. The first-order valence-corrected chi connectivity index (χ1v) is 7.05. The van der Waals surface area contributed by atoms with Crippen molar-refractivity contribution in [2.45, 2.75) is 13.5 Å². The summed E-state index contributed by atoms with van der Waals surface area (Å²) in [6.45, 7) is 2.51. The van der Waals surface area contributed by atoms with E-state index in [1.807, 2.05) is 17.5 Å². The SMILES string of the molecule is Cc1cncn(CCNC(=O)/C=C/c2cccs2)c1=O. The van der Waals surface area contributed by atoms with Gasteiger partial charge in [0.1, 0.15) is 0 Å². The van der Waals surface area contributed by atoms with Gasteiger partial charge in [-0.1, -0.05) is 6.07 Å². The lowest BCUT2D eigenvalue weighted by Gasteiger charge is -2.05. The lowest BCUT2D eigenvalue weighted by atomic mass is 10.4. The zero-order valence-electron chi connectivity index (χ0n) is 11.1. The minimum atomic E-state index is -0.174. The third-order valence-corrected chi connectivity index (χ3v) is 3.50. The van der Waals surface area contributed by atoms with Crippen molar-refractivity contribution in [3.05, 3.63) is 56.9 Å². The quantitative estimate of drug-likeness (QED) is 0.847. The maximum absolute atomic E-state index is 11.7. The van der Waals surface area contributed by atoms with E-state index in [0.29, 0.717) is 18.7 Å². The number of thiophene rings is 1. The van der Waals surface area contributed by atoms with Gasteiger partial charge in [-0.05, 0) is 24.4 Å². The molecule has 6 heteroatoms. The number of hydrogen-bond acceptors (Lipinski definition) is 4. The van der Waals surface area contributed by atoms with E-state index in [9.17, 15) is 9.59 Å². The standard InChI is InChI=1S/C14H15N3O2S/c1-11-9-15-10-17(14(11)19)7-6-16-13(18)5-4-12-3-2-8-20-12/h2-5,8-10H,6-7H2,1H3,(H,16,18)/b5-4+. The van der Waals surface area contributed by atoms with E-state index in [1.165, 1.54) is 23.2 Å². The molecule has 2 heterocycles. The predicted molar refractivity (Wildman–Crippen MR) is 79.6 cm³/mol.